The predicted octanol–water partition coefficient (Wildman–Crippen LogP) is 2.25. The molecule has 0 unspecified atom stereocenters. The molecule has 6 nitrogen and oxygen atoms in total. The number of hydrogen-bond donors (Lipinski definition) is 3. The maximum Gasteiger partial charge on any atom is 0.255 e. The van der Waals surface area contributed by atoms with E-state index in [4.69, 9.17) is 9.15 Å². The minimum atomic E-state index is -1.29. The summed E-state index contributed by atoms with van der Waals surface area (Å²) in [4.78, 5) is 12.2. The number of amides is 1. The number of rotatable bonds is 5. The smallest absolute Gasteiger partial charge is 0.255 e. The molecule has 2 aromatic rings. The first kappa shape index (κ1) is 16.9. The number of phenols is 1. The number of ether oxygens (including phenoxy) is 1. The highest BCUT2D eigenvalue weighted by atomic mass is 16.5. The van der Waals surface area contributed by atoms with Crippen LogP contribution >= 0.6 is 0 Å². The molecule has 0 aliphatic carbocycles. The van der Waals surface area contributed by atoms with E-state index >= 15 is 0 Å². The number of phenolic OH excluding ortho intramolecular Hbond substituents is 1. The van der Waals surface area contributed by atoms with Gasteiger partial charge in [0.15, 0.2) is 11.5 Å². The predicted molar refractivity (Wildman–Crippen MR) is 84.7 cm³/mol. The Morgan fingerprint density at radius 2 is 2.09 bits per heavy atom. The molecule has 0 radical (unpaired) electrons. The Kier molecular flexibility index (Phi) is 4.65. The number of para-hydroxylation sites is 1. The zero-order chi connectivity index (χ0) is 17.2. The molecule has 0 spiro atoms. The van der Waals surface area contributed by atoms with E-state index in [1.807, 2.05) is 0 Å². The monoisotopic (exact) mass is 319 g/mol. The van der Waals surface area contributed by atoms with Gasteiger partial charge in [-0.15, -0.1) is 0 Å². The van der Waals surface area contributed by atoms with Crippen molar-refractivity contribution in [1.29, 1.82) is 0 Å². The summed E-state index contributed by atoms with van der Waals surface area (Å²) in [5.74, 6) is 0.772. The molecule has 1 heterocycles. The Balaban J connectivity index is 2.14. The molecular formula is C17H21NO5. The van der Waals surface area contributed by atoms with Gasteiger partial charge in [-0.3, -0.25) is 4.79 Å². The van der Waals surface area contributed by atoms with Gasteiger partial charge < -0.3 is 24.7 Å². The molecule has 1 amide bonds. The van der Waals surface area contributed by atoms with Crippen molar-refractivity contribution in [2.45, 2.75) is 26.4 Å². The highest BCUT2D eigenvalue weighted by Crippen LogP contribution is 2.30. The number of benzene rings is 1. The van der Waals surface area contributed by atoms with Crippen molar-refractivity contribution in [2.24, 2.45) is 0 Å². The lowest BCUT2D eigenvalue weighted by Crippen LogP contribution is -2.38. The molecule has 3 N–H and O–H groups in total. The summed E-state index contributed by atoms with van der Waals surface area (Å²) < 4.78 is 10.4. The molecule has 1 aromatic heterocycles. The lowest BCUT2D eigenvalue weighted by molar-refractivity contribution is 0.0513. The maximum absolute atomic E-state index is 12.2. The largest absolute Gasteiger partial charge is 0.504 e. The van der Waals surface area contributed by atoms with E-state index in [1.54, 1.807) is 39.0 Å². The average Bonchev–Trinajstić information content (AvgIpc) is 2.85. The van der Waals surface area contributed by atoms with E-state index in [9.17, 15) is 15.0 Å². The van der Waals surface area contributed by atoms with Crippen molar-refractivity contribution in [3.8, 4) is 11.5 Å². The molecule has 0 aliphatic rings. The summed E-state index contributed by atoms with van der Waals surface area (Å²) in [6, 6.07) is 6.38. The lowest BCUT2D eigenvalue weighted by atomic mass is 9.96. The van der Waals surface area contributed by atoms with Crippen LogP contribution in [0.5, 0.6) is 11.5 Å². The van der Waals surface area contributed by atoms with Gasteiger partial charge in [0.1, 0.15) is 17.1 Å². The summed E-state index contributed by atoms with van der Waals surface area (Å²) in [5.41, 5.74) is -0.586. The van der Waals surface area contributed by atoms with Crippen LogP contribution in [0.15, 0.2) is 28.7 Å². The Hall–Kier alpha value is -2.47. The summed E-state index contributed by atoms with van der Waals surface area (Å²) in [7, 11) is 1.41. The number of aliphatic hydroxyl groups is 1. The maximum atomic E-state index is 12.2. The molecule has 1 aromatic carbocycles. The van der Waals surface area contributed by atoms with E-state index in [0.717, 1.165) is 0 Å². The normalized spacial score (nSPS) is 13.4. The number of aromatic hydroxyl groups is 1. The Bertz CT molecular complexity index is 718. The summed E-state index contributed by atoms with van der Waals surface area (Å²) in [5, 5.41) is 23.2. The van der Waals surface area contributed by atoms with Gasteiger partial charge in [0.05, 0.1) is 19.2 Å². The average molecular weight is 319 g/mol. The molecule has 2 rings (SSSR count). The highest BCUT2D eigenvalue weighted by molar-refractivity contribution is 5.97. The molecule has 0 bridgehead atoms. The first-order chi connectivity index (χ1) is 10.8. The Morgan fingerprint density at radius 3 is 2.65 bits per heavy atom. The van der Waals surface area contributed by atoms with E-state index in [-0.39, 0.29) is 23.6 Å². The lowest BCUT2D eigenvalue weighted by Gasteiger charge is -2.23. The van der Waals surface area contributed by atoms with Gasteiger partial charge in [-0.1, -0.05) is 6.07 Å². The van der Waals surface area contributed by atoms with Crippen LogP contribution < -0.4 is 10.1 Å². The highest BCUT2D eigenvalue weighted by Gasteiger charge is 2.28. The number of aryl methyl sites for hydroxylation is 2. The standard InChI is InChI=1S/C17H21NO5/c1-10-8-13(11(2)23-10)17(3,21)9-18-16(20)12-6-5-7-14(22-4)15(12)19/h5-8,19,21H,9H2,1-4H3,(H,18,20)/t17-/m1/s1. The van der Waals surface area contributed by atoms with E-state index in [1.165, 1.54) is 13.2 Å². The van der Waals surface area contributed by atoms with Crippen LogP contribution in [0.4, 0.5) is 0 Å². The van der Waals surface area contributed by atoms with Crippen LogP contribution in [-0.2, 0) is 5.60 Å². The first-order valence-electron chi connectivity index (χ1n) is 7.20. The Labute approximate surface area is 134 Å². The van der Waals surface area contributed by atoms with Gasteiger partial charge in [0.2, 0.25) is 0 Å². The summed E-state index contributed by atoms with van der Waals surface area (Å²) >= 11 is 0. The topological polar surface area (TPSA) is 91.9 Å². The van der Waals surface area contributed by atoms with Crippen molar-refractivity contribution >= 4 is 5.91 Å². The van der Waals surface area contributed by atoms with Crippen molar-refractivity contribution in [1.82, 2.24) is 5.32 Å². The number of carbonyl (C=O) groups excluding carboxylic acids is 1. The third-order valence-corrected chi connectivity index (χ3v) is 3.68. The number of furan rings is 1. The van der Waals surface area contributed by atoms with E-state index in [0.29, 0.717) is 17.1 Å². The first-order valence-corrected chi connectivity index (χ1v) is 7.20. The van der Waals surface area contributed by atoms with Crippen molar-refractivity contribution in [3.63, 3.8) is 0 Å². The van der Waals surface area contributed by atoms with Crippen LogP contribution in [0.25, 0.3) is 0 Å². The van der Waals surface area contributed by atoms with Crippen molar-refractivity contribution in [2.75, 3.05) is 13.7 Å². The second kappa shape index (κ2) is 6.34. The second-order valence-electron chi connectivity index (χ2n) is 5.64. The van der Waals surface area contributed by atoms with Crippen LogP contribution in [0, 0.1) is 13.8 Å². The summed E-state index contributed by atoms with van der Waals surface area (Å²) in [6.45, 7) is 5.12. The van der Waals surface area contributed by atoms with Gasteiger partial charge in [-0.25, -0.2) is 0 Å². The third-order valence-electron chi connectivity index (χ3n) is 3.68. The number of carbonyl (C=O) groups is 1. The molecule has 0 saturated heterocycles. The molecule has 0 aliphatic heterocycles. The molecule has 6 heteroatoms. The fourth-order valence-corrected chi connectivity index (χ4v) is 2.48. The van der Waals surface area contributed by atoms with Crippen LogP contribution in [0.1, 0.15) is 34.4 Å². The quantitative estimate of drug-likeness (QED) is 0.786. The van der Waals surface area contributed by atoms with Crippen molar-refractivity contribution in [3.05, 3.63) is 46.9 Å². The molecule has 1 atom stereocenters. The number of nitrogens with one attached hydrogen (secondary N) is 1. The molecular weight excluding hydrogens is 298 g/mol. The molecule has 0 saturated carbocycles. The van der Waals surface area contributed by atoms with Gasteiger partial charge in [0.25, 0.3) is 5.91 Å². The Morgan fingerprint density at radius 1 is 1.39 bits per heavy atom. The number of methoxy groups -OCH3 is 1. The van der Waals surface area contributed by atoms with Gasteiger partial charge in [-0.05, 0) is 39.0 Å². The second-order valence-corrected chi connectivity index (χ2v) is 5.64. The fourth-order valence-electron chi connectivity index (χ4n) is 2.48. The van der Waals surface area contributed by atoms with Gasteiger partial charge >= 0.3 is 0 Å². The number of hydrogen-bond acceptors (Lipinski definition) is 5. The molecule has 23 heavy (non-hydrogen) atoms. The van der Waals surface area contributed by atoms with E-state index in [2.05, 4.69) is 5.32 Å². The van der Waals surface area contributed by atoms with Crippen molar-refractivity contribution < 1.29 is 24.2 Å². The zero-order valence-corrected chi connectivity index (χ0v) is 13.6. The van der Waals surface area contributed by atoms with Gasteiger partial charge in [-0.2, -0.15) is 0 Å². The van der Waals surface area contributed by atoms with Crippen LogP contribution in [0.3, 0.4) is 0 Å². The minimum Gasteiger partial charge on any atom is -0.504 e. The molecule has 0 fully saturated rings. The SMILES string of the molecule is COc1cccc(C(=O)NC[C@@](C)(O)c2cc(C)oc2C)c1O. The van der Waals surface area contributed by atoms with Crippen LogP contribution in [-0.4, -0.2) is 29.8 Å². The third kappa shape index (κ3) is 3.48. The fraction of sp³-hybridized carbons (Fsp3) is 0.353. The van der Waals surface area contributed by atoms with Crippen LogP contribution in [0.2, 0.25) is 0 Å². The minimum absolute atomic E-state index is 0.0255. The summed E-state index contributed by atoms with van der Waals surface area (Å²) in [6.07, 6.45) is 0. The zero-order valence-electron chi connectivity index (χ0n) is 13.6. The van der Waals surface area contributed by atoms with Gasteiger partial charge in [0, 0.05) is 5.56 Å². The molecule has 124 valence electrons. The van der Waals surface area contributed by atoms with E-state index < -0.39 is 11.5 Å².